The number of rotatable bonds is 10. The van der Waals surface area contributed by atoms with Gasteiger partial charge >= 0.3 is 0 Å². The molecule has 2 heteroatoms. The van der Waals surface area contributed by atoms with Crippen LogP contribution >= 0.6 is 0 Å². The molecule has 0 amide bonds. The maximum absolute atomic E-state index is 5.87. The Hall–Kier alpha value is -1.18. The van der Waals surface area contributed by atoms with E-state index in [0.717, 1.165) is 24.7 Å². The molecule has 0 spiro atoms. The predicted octanol–water partition coefficient (Wildman–Crippen LogP) is 5.32. The van der Waals surface area contributed by atoms with E-state index in [-0.39, 0.29) is 0 Å². The molecule has 114 valence electrons. The molecule has 0 unspecified atom stereocenters. The van der Waals surface area contributed by atoms with Crippen molar-refractivity contribution in [3.05, 3.63) is 24.3 Å². The van der Waals surface area contributed by atoms with Gasteiger partial charge in [0.1, 0.15) is 11.5 Å². The van der Waals surface area contributed by atoms with E-state index in [4.69, 9.17) is 9.47 Å². The van der Waals surface area contributed by atoms with Gasteiger partial charge in [-0.2, -0.15) is 0 Å². The van der Waals surface area contributed by atoms with Gasteiger partial charge in [0.25, 0.3) is 0 Å². The highest BCUT2D eigenvalue weighted by molar-refractivity contribution is 5.32. The normalized spacial score (nSPS) is 11.1. The van der Waals surface area contributed by atoms with E-state index < -0.39 is 0 Å². The lowest BCUT2D eigenvalue weighted by atomic mass is 10.1. The summed E-state index contributed by atoms with van der Waals surface area (Å²) in [5.74, 6) is 3.12. The van der Waals surface area contributed by atoms with E-state index in [0.29, 0.717) is 11.8 Å². The van der Waals surface area contributed by atoms with Crippen LogP contribution in [-0.4, -0.2) is 13.2 Å². The van der Waals surface area contributed by atoms with Crippen molar-refractivity contribution in [3.8, 4) is 11.5 Å². The van der Waals surface area contributed by atoms with Crippen molar-refractivity contribution in [2.24, 2.45) is 11.8 Å². The fraction of sp³-hybridized carbons (Fsp3) is 0.667. The van der Waals surface area contributed by atoms with Crippen LogP contribution in [0.1, 0.15) is 53.4 Å². The second-order valence-electron chi connectivity index (χ2n) is 5.46. The lowest BCUT2D eigenvalue weighted by Gasteiger charge is -2.16. The Balaban J connectivity index is 2.48. The first-order chi connectivity index (χ1) is 9.73. The Labute approximate surface area is 124 Å². The van der Waals surface area contributed by atoms with Gasteiger partial charge in [-0.1, -0.05) is 59.4 Å². The first-order valence-corrected chi connectivity index (χ1v) is 8.08. The molecule has 0 atom stereocenters. The Morgan fingerprint density at radius 1 is 0.750 bits per heavy atom. The summed E-state index contributed by atoms with van der Waals surface area (Å²) in [5, 5.41) is 0. The van der Waals surface area contributed by atoms with E-state index in [1.54, 1.807) is 0 Å². The van der Waals surface area contributed by atoms with Crippen LogP contribution in [0.15, 0.2) is 24.3 Å². The molecule has 0 fully saturated rings. The fourth-order valence-corrected chi connectivity index (χ4v) is 2.13. The summed E-state index contributed by atoms with van der Waals surface area (Å²) in [6.45, 7) is 10.4. The maximum atomic E-state index is 5.87. The topological polar surface area (TPSA) is 18.5 Å². The maximum Gasteiger partial charge on any atom is 0.122 e. The van der Waals surface area contributed by atoms with Gasteiger partial charge in [-0.05, 0) is 24.0 Å². The van der Waals surface area contributed by atoms with Gasteiger partial charge in [0.2, 0.25) is 0 Å². The zero-order chi connectivity index (χ0) is 14.8. The molecule has 0 aliphatic rings. The molecular weight excluding hydrogens is 248 g/mol. The van der Waals surface area contributed by atoms with Crippen LogP contribution in [0.2, 0.25) is 0 Å². The van der Waals surface area contributed by atoms with Crippen molar-refractivity contribution in [3.63, 3.8) is 0 Å². The zero-order valence-corrected chi connectivity index (χ0v) is 13.5. The molecule has 20 heavy (non-hydrogen) atoms. The van der Waals surface area contributed by atoms with Crippen LogP contribution in [0.3, 0.4) is 0 Å². The van der Waals surface area contributed by atoms with Gasteiger partial charge in [-0.25, -0.2) is 0 Å². The third-order valence-corrected chi connectivity index (χ3v) is 4.09. The summed E-state index contributed by atoms with van der Waals surface area (Å²) in [6, 6.07) is 8.02. The molecule has 2 nitrogen and oxygen atoms in total. The minimum absolute atomic E-state index is 0.643. The zero-order valence-electron chi connectivity index (χ0n) is 13.5. The monoisotopic (exact) mass is 278 g/mol. The molecule has 0 aliphatic carbocycles. The van der Waals surface area contributed by atoms with Crippen LogP contribution in [0, 0.1) is 11.8 Å². The van der Waals surface area contributed by atoms with E-state index in [1.807, 2.05) is 24.3 Å². The summed E-state index contributed by atoms with van der Waals surface area (Å²) in [5.41, 5.74) is 0. The van der Waals surface area contributed by atoms with Crippen molar-refractivity contribution in [2.75, 3.05) is 13.2 Å². The second kappa shape index (κ2) is 9.68. The average molecular weight is 278 g/mol. The molecule has 0 radical (unpaired) electrons. The molecule has 1 aromatic carbocycles. The summed E-state index contributed by atoms with van der Waals surface area (Å²) in [6.07, 6.45) is 4.67. The lowest BCUT2D eigenvalue weighted by Crippen LogP contribution is -2.11. The second-order valence-corrected chi connectivity index (χ2v) is 5.46. The summed E-state index contributed by atoms with van der Waals surface area (Å²) in [4.78, 5) is 0. The molecule has 0 saturated carbocycles. The molecule has 0 bridgehead atoms. The third-order valence-electron chi connectivity index (χ3n) is 4.09. The van der Waals surface area contributed by atoms with Crippen LogP contribution in [0.5, 0.6) is 11.5 Å². The van der Waals surface area contributed by atoms with Gasteiger partial charge in [0, 0.05) is 6.07 Å². The summed E-state index contributed by atoms with van der Waals surface area (Å²) in [7, 11) is 0. The molecule has 1 aromatic rings. The van der Waals surface area contributed by atoms with Crippen molar-refractivity contribution in [2.45, 2.75) is 53.4 Å². The van der Waals surface area contributed by atoms with Gasteiger partial charge in [0.05, 0.1) is 13.2 Å². The predicted molar refractivity (Wildman–Crippen MR) is 85.6 cm³/mol. The van der Waals surface area contributed by atoms with Crippen LogP contribution in [0.4, 0.5) is 0 Å². The van der Waals surface area contributed by atoms with Crippen molar-refractivity contribution >= 4 is 0 Å². The van der Waals surface area contributed by atoms with E-state index in [2.05, 4.69) is 27.7 Å². The van der Waals surface area contributed by atoms with Crippen molar-refractivity contribution < 1.29 is 9.47 Å². The molecule has 0 saturated heterocycles. The first-order valence-electron chi connectivity index (χ1n) is 8.08. The van der Waals surface area contributed by atoms with Gasteiger partial charge in [-0.3, -0.25) is 0 Å². The Bertz CT molecular complexity index is 323. The first kappa shape index (κ1) is 16.9. The van der Waals surface area contributed by atoms with E-state index in [9.17, 15) is 0 Å². The van der Waals surface area contributed by atoms with Gasteiger partial charge in [0.15, 0.2) is 0 Å². The minimum atomic E-state index is 0.643. The highest BCUT2D eigenvalue weighted by Gasteiger charge is 2.07. The van der Waals surface area contributed by atoms with Crippen molar-refractivity contribution in [1.29, 1.82) is 0 Å². The molecule has 1 rings (SSSR count). The number of hydrogen-bond donors (Lipinski definition) is 0. The molecule has 0 heterocycles. The average Bonchev–Trinajstić information content (AvgIpc) is 2.50. The van der Waals surface area contributed by atoms with Crippen LogP contribution < -0.4 is 9.47 Å². The Kier molecular flexibility index (Phi) is 8.17. The number of benzene rings is 1. The van der Waals surface area contributed by atoms with Gasteiger partial charge < -0.3 is 9.47 Å². The smallest absolute Gasteiger partial charge is 0.122 e. The quantitative estimate of drug-likeness (QED) is 0.577. The summed E-state index contributed by atoms with van der Waals surface area (Å²) >= 11 is 0. The number of ether oxygens (including phenoxy) is 2. The number of hydrogen-bond acceptors (Lipinski definition) is 2. The fourth-order valence-electron chi connectivity index (χ4n) is 2.13. The molecule has 0 aliphatic heterocycles. The summed E-state index contributed by atoms with van der Waals surface area (Å²) < 4.78 is 11.7. The van der Waals surface area contributed by atoms with E-state index in [1.165, 1.54) is 25.7 Å². The molecule has 0 N–H and O–H groups in total. The Morgan fingerprint density at radius 2 is 1.15 bits per heavy atom. The minimum Gasteiger partial charge on any atom is -0.493 e. The third kappa shape index (κ3) is 5.85. The standard InChI is InChI=1S/C18H30O2/c1-5-15(6-2)13-19-17-10-9-11-18(12-17)20-14-16(7-3)8-4/h9-12,15-16H,5-8,13-14H2,1-4H3. The molecular formula is C18H30O2. The van der Waals surface area contributed by atoms with Gasteiger partial charge in [-0.15, -0.1) is 0 Å². The lowest BCUT2D eigenvalue weighted by molar-refractivity contribution is 0.229. The van der Waals surface area contributed by atoms with Crippen LogP contribution in [-0.2, 0) is 0 Å². The largest absolute Gasteiger partial charge is 0.493 e. The van der Waals surface area contributed by atoms with Crippen LogP contribution in [0.25, 0.3) is 0 Å². The van der Waals surface area contributed by atoms with E-state index >= 15 is 0 Å². The Morgan fingerprint density at radius 3 is 1.50 bits per heavy atom. The SMILES string of the molecule is CCC(CC)COc1cccc(OCC(CC)CC)c1. The highest BCUT2D eigenvalue weighted by Crippen LogP contribution is 2.22. The molecule has 0 aromatic heterocycles. The highest BCUT2D eigenvalue weighted by atomic mass is 16.5. The van der Waals surface area contributed by atoms with Crippen molar-refractivity contribution in [1.82, 2.24) is 0 Å².